The van der Waals surface area contributed by atoms with Gasteiger partial charge in [0.05, 0.1) is 13.7 Å². The molecule has 3 rings (SSSR count). The number of likely N-dealkylation sites (N-methyl/N-ethyl adjacent to an activating group) is 1. The fraction of sp³-hybridized carbons (Fsp3) is 0.400. The highest BCUT2D eigenvalue weighted by molar-refractivity contribution is 5.77. The number of nitrogens with zero attached hydrogens (tertiary/aromatic N) is 1. The molecule has 0 saturated carbocycles. The first-order chi connectivity index (χ1) is 15.1. The Labute approximate surface area is 184 Å². The van der Waals surface area contributed by atoms with Crippen LogP contribution in [-0.2, 0) is 11.3 Å². The van der Waals surface area contributed by atoms with Crippen molar-refractivity contribution in [3.63, 3.8) is 0 Å². The van der Waals surface area contributed by atoms with E-state index in [0.29, 0.717) is 19.6 Å². The third-order valence-corrected chi connectivity index (χ3v) is 5.91. The number of nitrogens with one attached hydrogen (secondary N) is 2. The molecule has 31 heavy (non-hydrogen) atoms. The van der Waals surface area contributed by atoms with E-state index in [2.05, 4.69) is 36.4 Å². The molecular weight excluding hydrogens is 393 g/mol. The number of piperazine rings is 1. The van der Waals surface area contributed by atoms with Crippen LogP contribution in [0.2, 0.25) is 0 Å². The average molecular weight is 428 g/mol. The maximum Gasteiger partial charge on any atom is 0.278 e. The van der Waals surface area contributed by atoms with Crippen molar-refractivity contribution in [3.05, 3.63) is 71.6 Å². The number of carbonyl (C=O) groups excluding carboxylic acids is 1. The number of quaternary nitrogens is 2. The van der Waals surface area contributed by atoms with Gasteiger partial charge in [-0.15, -0.1) is 0 Å². The second kappa shape index (κ2) is 11.6. The largest absolute Gasteiger partial charge is 0.494 e. The van der Waals surface area contributed by atoms with Gasteiger partial charge in [-0.1, -0.05) is 42.5 Å². The molecule has 0 aliphatic carbocycles. The van der Waals surface area contributed by atoms with Crippen molar-refractivity contribution in [3.8, 4) is 5.75 Å². The molecule has 1 amide bonds. The highest BCUT2D eigenvalue weighted by Gasteiger charge is 2.26. The van der Waals surface area contributed by atoms with Crippen LogP contribution in [0.4, 0.5) is 4.39 Å². The Kier molecular flexibility index (Phi) is 8.62. The molecule has 0 spiro atoms. The van der Waals surface area contributed by atoms with Gasteiger partial charge in [0.15, 0.2) is 18.1 Å². The second-order valence-electron chi connectivity index (χ2n) is 8.07. The first-order valence-electron chi connectivity index (χ1n) is 11.1. The number of methoxy groups -OCH3 is 1. The van der Waals surface area contributed by atoms with E-state index >= 15 is 0 Å². The van der Waals surface area contributed by atoms with Crippen molar-refractivity contribution >= 4 is 12.0 Å². The van der Waals surface area contributed by atoms with E-state index in [9.17, 15) is 9.18 Å². The minimum absolute atomic E-state index is 0.126. The Morgan fingerprint density at radius 1 is 1.10 bits per heavy atom. The van der Waals surface area contributed by atoms with Gasteiger partial charge >= 0.3 is 0 Å². The number of amides is 1. The van der Waals surface area contributed by atoms with Crippen molar-refractivity contribution in [2.45, 2.75) is 13.5 Å². The zero-order valence-electron chi connectivity index (χ0n) is 18.6. The Hall–Kier alpha value is -2.70. The summed E-state index contributed by atoms with van der Waals surface area (Å²) in [5, 5.41) is 0. The maximum absolute atomic E-state index is 14.0. The molecule has 0 aromatic heterocycles. The van der Waals surface area contributed by atoms with Gasteiger partial charge in [-0.2, -0.15) is 0 Å². The number of benzene rings is 2. The van der Waals surface area contributed by atoms with Crippen molar-refractivity contribution in [1.82, 2.24) is 4.90 Å². The summed E-state index contributed by atoms with van der Waals surface area (Å²) in [6.45, 7) is 8.64. The monoisotopic (exact) mass is 427 g/mol. The normalized spacial score (nSPS) is 18.8. The third kappa shape index (κ3) is 6.91. The Balaban J connectivity index is 1.43. The number of carbonyl (C=O) groups is 1. The Morgan fingerprint density at radius 3 is 2.45 bits per heavy atom. The van der Waals surface area contributed by atoms with E-state index < -0.39 is 5.82 Å². The molecule has 1 heterocycles. The first-order valence-corrected chi connectivity index (χ1v) is 11.1. The van der Waals surface area contributed by atoms with E-state index in [-0.39, 0.29) is 11.7 Å². The lowest BCUT2D eigenvalue weighted by atomic mass is 10.2. The molecule has 0 radical (unpaired) electrons. The molecule has 1 fully saturated rings. The smallest absolute Gasteiger partial charge is 0.278 e. The van der Waals surface area contributed by atoms with Crippen LogP contribution in [0.15, 0.2) is 54.6 Å². The van der Waals surface area contributed by atoms with Crippen LogP contribution in [0.1, 0.15) is 18.1 Å². The summed E-state index contributed by atoms with van der Waals surface area (Å²) >= 11 is 0. The van der Waals surface area contributed by atoms with E-state index in [1.54, 1.807) is 15.9 Å². The number of hydrogen-bond donors (Lipinski definition) is 2. The van der Waals surface area contributed by atoms with Crippen LogP contribution in [0.25, 0.3) is 6.08 Å². The predicted octanol–water partition coefficient (Wildman–Crippen LogP) is 0.680. The average Bonchev–Trinajstić information content (AvgIpc) is 2.79. The van der Waals surface area contributed by atoms with Gasteiger partial charge in [-0.25, -0.2) is 4.39 Å². The van der Waals surface area contributed by atoms with Crippen LogP contribution < -0.4 is 14.5 Å². The number of rotatable bonds is 9. The highest BCUT2D eigenvalue weighted by Crippen LogP contribution is 2.18. The zero-order chi connectivity index (χ0) is 22.1. The van der Waals surface area contributed by atoms with Gasteiger partial charge in [-0.3, -0.25) is 4.79 Å². The molecule has 0 bridgehead atoms. The zero-order valence-corrected chi connectivity index (χ0v) is 18.6. The molecule has 5 nitrogen and oxygen atoms in total. The second-order valence-corrected chi connectivity index (χ2v) is 8.07. The molecule has 1 aliphatic heterocycles. The summed E-state index contributed by atoms with van der Waals surface area (Å²) in [7, 11) is 1.45. The summed E-state index contributed by atoms with van der Waals surface area (Å²) in [5.74, 6) is -0.0442. The van der Waals surface area contributed by atoms with E-state index in [1.165, 1.54) is 23.6 Å². The molecule has 1 saturated heterocycles. The van der Waals surface area contributed by atoms with Crippen molar-refractivity contribution < 1.29 is 23.7 Å². The van der Waals surface area contributed by atoms with Crippen LogP contribution in [0, 0.1) is 5.82 Å². The summed E-state index contributed by atoms with van der Waals surface area (Å²) in [4.78, 5) is 17.5. The van der Waals surface area contributed by atoms with Gasteiger partial charge in [-0.05, 0) is 36.3 Å². The molecule has 2 aromatic carbocycles. The minimum atomic E-state index is -0.394. The number of hydrogen-bond acceptors (Lipinski definition) is 2. The summed E-state index contributed by atoms with van der Waals surface area (Å²) in [5.41, 5.74) is 2.01. The lowest BCUT2D eigenvalue weighted by Gasteiger charge is -2.30. The molecule has 6 heteroatoms. The molecule has 0 unspecified atom stereocenters. The summed E-state index contributed by atoms with van der Waals surface area (Å²) < 4.78 is 18.9. The number of halogens is 1. The lowest BCUT2D eigenvalue weighted by Crippen LogP contribution is -3.28. The van der Waals surface area contributed by atoms with Crippen LogP contribution in [-0.4, -0.2) is 63.7 Å². The van der Waals surface area contributed by atoms with Crippen LogP contribution in [0.3, 0.4) is 0 Å². The predicted molar refractivity (Wildman–Crippen MR) is 121 cm³/mol. The van der Waals surface area contributed by atoms with E-state index in [4.69, 9.17) is 4.74 Å². The van der Waals surface area contributed by atoms with E-state index in [0.717, 1.165) is 38.3 Å². The Morgan fingerprint density at radius 2 is 1.81 bits per heavy atom. The molecule has 0 atom stereocenters. The standard InChI is InChI=1S/C25H32FN3O2/c1-3-29(19-22-11-12-24(31-2)23(26)18-22)25(30)20-28-16-14-27(15-17-28)13-7-10-21-8-5-4-6-9-21/h4-12,18H,3,13-17,19-20H2,1-2H3/p+2/b10-7+. The van der Waals surface area contributed by atoms with E-state index in [1.807, 2.05) is 19.1 Å². The fourth-order valence-corrected chi connectivity index (χ4v) is 3.99. The fourth-order valence-electron chi connectivity index (χ4n) is 3.99. The summed E-state index contributed by atoms with van der Waals surface area (Å²) in [6, 6.07) is 15.2. The maximum atomic E-state index is 14.0. The SMILES string of the molecule is CCN(Cc1ccc(OC)c(F)c1)C(=O)C[NH+]1CC[NH+](C/C=C/c2ccccc2)CC1. The van der Waals surface area contributed by atoms with Crippen LogP contribution >= 0.6 is 0 Å². The third-order valence-electron chi connectivity index (χ3n) is 5.91. The topological polar surface area (TPSA) is 38.4 Å². The van der Waals surface area contributed by atoms with Gasteiger partial charge < -0.3 is 19.4 Å². The minimum Gasteiger partial charge on any atom is -0.494 e. The molecular formula is C25H34FN3O2+2. The van der Waals surface area contributed by atoms with Crippen LogP contribution in [0.5, 0.6) is 5.75 Å². The van der Waals surface area contributed by atoms with Gasteiger partial charge in [0.25, 0.3) is 5.91 Å². The van der Waals surface area contributed by atoms with Crippen molar-refractivity contribution in [1.29, 1.82) is 0 Å². The highest BCUT2D eigenvalue weighted by atomic mass is 19.1. The van der Waals surface area contributed by atoms with Gasteiger partial charge in [0.1, 0.15) is 26.2 Å². The Bertz CT molecular complexity index is 864. The molecule has 2 N–H and O–H groups in total. The quantitative estimate of drug-likeness (QED) is 0.618. The van der Waals surface area contributed by atoms with Crippen molar-refractivity contribution in [2.24, 2.45) is 0 Å². The van der Waals surface area contributed by atoms with Gasteiger partial charge in [0.2, 0.25) is 0 Å². The van der Waals surface area contributed by atoms with Crippen molar-refractivity contribution in [2.75, 3.05) is 52.9 Å². The number of ether oxygens (including phenoxy) is 1. The molecule has 166 valence electrons. The first kappa shape index (κ1) is 23.0. The summed E-state index contributed by atoms with van der Waals surface area (Å²) in [6.07, 6.45) is 4.42. The molecule has 2 aromatic rings. The van der Waals surface area contributed by atoms with Gasteiger partial charge in [0, 0.05) is 13.1 Å². The molecule has 1 aliphatic rings. The lowest BCUT2D eigenvalue weighted by molar-refractivity contribution is -1.01.